The van der Waals surface area contributed by atoms with Crippen LogP contribution in [-0.2, 0) is 12.0 Å². The number of amidine groups is 2. The Labute approximate surface area is 438 Å². The molecule has 2 aliphatic carbocycles. The maximum Gasteiger partial charge on any atom is 0.157 e. The normalized spacial score (nSPS) is 13.4. The van der Waals surface area contributed by atoms with Gasteiger partial charge in [0.2, 0.25) is 0 Å². The van der Waals surface area contributed by atoms with E-state index in [0.717, 1.165) is 60.9 Å². The summed E-state index contributed by atoms with van der Waals surface area (Å²) in [6.07, 6.45) is 0. The van der Waals surface area contributed by atoms with Gasteiger partial charge in [0, 0.05) is 42.1 Å². The molecular weight excluding hydrogens is 931 g/mol. The molecule has 0 bridgehead atoms. The van der Waals surface area contributed by atoms with E-state index in [1.54, 1.807) is 11.3 Å². The molecule has 2 aliphatic rings. The molecule has 0 atom stereocenters. The number of fused-ring (bicyclic) bond motifs is 16. The standard InChI is InChI=1S/C70H45N3OS/c71-68(50-32-35-56-55-22-7-11-27-65(55)75-66(56)41-50)73-69(45-30-28-44(29-31-45)43-14-2-1-3-15-43)72-42-51-18-13-26-64-67(51)58-40-49(34-37-63(58)74-64)47-17-12-16-46(38-47)48-33-36-62-57(39-48)54-21-6-10-25-61(54)70(62)59-23-8-4-19-52(59)53-20-5-9-24-60(53)70/h1-41H,42H2,(H2,71,72,73). The maximum absolute atomic E-state index is 6.93. The Balaban J connectivity index is 0.794. The lowest BCUT2D eigenvalue weighted by molar-refractivity contribution is 0.668. The van der Waals surface area contributed by atoms with Crippen molar-refractivity contribution >= 4 is 65.1 Å². The molecule has 0 fully saturated rings. The highest BCUT2D eigenvalue weighted by atomic mass is 32.1. The van der Waals surface area contributed by atoms with Crippen LogP contribution in [0.25, 0.3) is 97.7 Å². The van der Waals surface area contributed by atoms with Crippen molar-refractivity contribution in [1.29, 1.82) is 0 Å². The Morgan fingerprint density at radius 2 is 0.960 bits per heavy atom. The van der Waals surface area contributed by atoms with Gasteiger partial charge in [0.1, 0.15) is 17.0 Å². The van der Waals surface area contributed by atoms with Crippen LogP contribution in [-0.4, -0.2) is 11.7 Å². The van der Waals surface area contributed by atoms with Crippen LogP contribution in [0.3, 0.4) is 0 Å². The molecule has 0 saturated heterocycles. The SMILES string of the molecule is N/C(=N\C(=N/Cc1cccc2oc3ccc(-c4cccc(-c5ccc6c(c5)-c5ccccc5C65c6ccccc6-c6ccccc65)c4)cc3c12)c1ccc(-c2ccccc2)cc1)c1ccc2c(c1)sc1ccccc12. The largest absolute Gasteiger partial charge is 0.456 e. The van der Waals surface area contributed by atoms with E-state index in [2.05, 4.69) is 231 Å². The number of nitrogens with zero attached hydrogens (tertiary/aromatic N) is 2. The summed E-state index contributed by atoms with van der Waals surface area (Å²) in [4.78, 5) is 10.4. The van der Waals surface area contributed by atoms with Crippen molar-refractivity contribution in [2.75, 3.05) is 0 Å². The topological polar surface area (TPSA) is 63.9 Å². The Bertz CT molecular complexity index is 4470. The molecule has 2 heterocycles. The van der Waals surface area contributed by atoms with E-state index in [4.69, 9.17) is 20.1 Å². The van der Waals surface area contributed by atoms with Gasteiger partial charge in [-0.25, -0.2) is 4.99 Å². The van der Waals surface area contributed by atoms with Crippen molar-refractivity contribution in [2.45, 2.75) is 12.0 Å². The molecule has 0 radical (unpaired) electrons. The summed E-state index contributed by atoms with van der Waals surface area (Å²) in [7, 11) is 0. The Hall–Kier alpha value is -9.42. The first kappa shape index (κ1) is 43.2. The number of hydrogen-bond acceptors (Lipinski definition) is 3. The number of hydrogen-bond donors (Lipinski definition) is 1. The average Bonchev–Trinajstić information content (AvgIpc) is 4.23. The van der Waals surface area contributed by atoms with Gasteiger partial charge in [-0.2, -0.15) is 0 Å². The van der Waals surface area contributed by atoms with Crippen LogP contribution in [0, 0.1) is 0 Å². The van der Waals surface area contributed by atoms with Crippen molar-refractivity contribution in [2.24, 2.45) is 15.7 Å². The predicted octanol–water partition coefficient (Wildman–Crippen LogP) is 17.7. The van der Waals surface area contributed by atoms with E-state index >= 15 is 0 Å². The van der Waals surface area contributed by atoms with Crippen molar-refractivity contribution in [1.82, 2.24) is 0 Å². The second kappa shape index (κ2) is 17.1. The van der Waals surface area contributed by atoms with Gasteiger partial charge in [0.25, 0.3) is 0 Å². The van der Waals surface area contributed by atoms with E-state index in [-0.39, 0.29) is 5.41 Å². The van der Waals surface area contributed by atoms with Gasteiger partial charge in [-0.05, 0) is 126 Å². The summed E-state index contributed by atoms with van der Waals surface area (Å²) in [5.74, 6) is 0.979. The average molecular weight is 976 g/mol. The van der Waals surface area contributed by atoms with Crippen LogP contribution < -0.4 is 5.73 Å². The monoisotopic (exact) mass is 975 g/mol. The predicted molar refractivity (Wildman–Crippen MR) is 313 cm³/mol. The molecule has 0 amide bonds. The highest BCUT2D eigenvalue weighted by Crippen LogP contribution is 2.63. The summed E-state index contributed by atoms with van der Waals surface area (Å²) in [5, 5.41) is 4.56. The molecule has 13 aromatic rings. The second-order valence-electron chi connectivity index (χ2n) is 19.7. The highest BCUT2D eigenvalue weighted by molar-refractivity contribution is 7.25. The minimum Gasteiger partial charge on any atom is -0.456 e. The fourth-order valence-corrected chi connectivity index (χ4v) is 13.4. The summed E-state index contributed by atoms with van der Waals surface area (Å²) in [5.41, 5.74) is 28.5. The van der Waals surface area contributed by atoms with E-state index in [1.807, 2.05) is 18.2 Å². The zero-order chi connectivity index (χ0) is 49.6. The number of thiophene rings is 1. The molecule has 0 unspecified atom stereocenters. The van der Waals surface area contributed by atoms with Crippen LogP contribution in [0.4, 0.5) is 0 Å². The van der Waals surface area contributed by atoms with Gasteiger partial charge in [-0.15, -0.1) is 11.3 Å². The molecule has 15 rings (SSSR count). The van der Waals surface area contributed by atoms with Crippen LogP contribution >= 0.6 is 11.3 Å². The third-order valence-corrected chi connectivity index (χ3v) is 16.8. The minimum atomic E-state index is -0.363. The van der Waals surface area contributed by atoms with Crippen molar-refractivity contribution in [3.8, 4) is 55.6 Å². The van der Waals surface area contributed by atoms with Crippen LogP contribution in [0.2, 0.25) is 0 Å². The van der Waals surface area contributed by atoms with Gasteiger partial charge in [0.05, 0.1) is 12.0 Å². The maximum atomic E-state index is 6.93. The Morgan fingerprint density at radius 1 is 0.400 bits per heavy atom. The van der Waals surface area contributed by atoms with Gasteiger partial charge in [-0.3, -0.25) is 4.99 Å². The zero-order valence-electron chi connectivity index (χ0n) is 40.7. The van der Waals surface area contributed by atoms with Crippen molar-refractivity contribution in [3.63, 3.8) is 0 Å². The molecule has 0 saturated carbocycles. The number of benzene rings is 11. The summed E-state index contributed by atoms with van der Waals surface area (Å²) < 4.78 is 8.99. The molecule has 2 N–H and O–H groups in total. The molecule has 75 heavy (non-hydrogen) atoms. The van der Waals surface area contributed by atoms with Gasteiger partial charge in [0.15, 0.2) is 5.84 Å². The lowest BCUT2D eigenvalue weighted by Gasteiger charge is -2.30. The van der Waals surface area contributed by atoms with Crippen LogP contribution in [0.5, 0.6) is 0 Å². The first-order valence-electron chi connectivity index (χ1n) is 25.5. The van der Waals surface area contributed by atoms with Gasteiger partial charge >= 0.3 is 0 Å². The zero-order valence-corrected chi connectivity index (χ0v) is 41.5. The first-order chi connectivity index (χ1) is 37.1. The van der Waals surface area contributed by atoms with Gasteiger partial charge in [-0.1, -0.05) is 206 Å². The lowest BCUT2D eigenvalue weighted by atomic mass is 9.70. The molecule has 1 spiro atoms. The number of furan rings is 1. The molecular formula is C70H45N3OS. The molecule has 11 aromatic carbocycles. The quantitative estimate of drug-likeness (QED) is 0.128. The Morgan fingerprint density at radius 3 is 1.72 bits per heavy atom. The van der Waals surface area contributed by atoms with Crippen molar-refractivity contribution in [3.05, 3.63) is 288 Å². The number of nitrogens with two attached hydrogens (primary N) is 1. The molecule has 352 valence electrons. The minimum absolute atomic E-state index is 0.363. The van der Waals surface area contributed by atoms with Crippen molar-refractivity contribution < 1.29 is 4.42 Å². The molecule has 2 aromatic heterocycles. The summed E-state index contributed by atoms with van der Waals surface area (Å²) in [6.45, 7) is 0.369. The van der Waals surface area contributed by atoms with Crippen LogP contribution in [0.15, 0.2) is 263 Å². The first-order valence-corrected chi connectivity index (χ1v) is 26.3. The van der Waals surface area contributed by atoms with Gasteiger partial charge < -0.3 is 10.2 Å². The number of rotatable bonds is 7. The highest BCUT2D eigenvalue weighted by Gasteiger charge is 2.51. The summed E-state index contributed by atoms with van der Waals surface area (Å²) >= 11 is 1.77. The molecule has 4 nitrogen and oxygen atoms in total. The van der Waals surface area contributed by atoms with E-state index in [9.17, 15) is 0 Å². The third-order valence-electron chi connectivity index (χ3n) is 15.7. The van der Waals surface area contributed by atoms with Crippen LogP contribution in [0.1, 0.15) is 38.9 Å². The number of aliphatic imine (C=N–C) groups is 2. The fourth-order valence-electron chi connectivity index (χ4n) is 12.2. The lowest BCUT2D eigenvalue weighted by Crippen LogP contribution is -2.25. The van der Waals surface area contributed by atoms with E-state index in [0.29, 0.717) is 18.2 Å². The molecule has 0 aliphatic heterocycles. The van der Waals surface area contributed by atoms with E-state index in [1.165, 1.54) is 75.8 Å². The summed E-state index contributed by atoms with van der Waals surface area (Å²) in [6, 6.07) is 89.5. The second-order valence-corrected chi connectivity index (χ2v) is 20.8. The van der Waals surface area contributed by atoms with E-state index < -0.39 is 0 Å². The smallest absolute Gasteiger partial charge is 0.157 e. The Kier molecular flexibility index (Phi) is 9.84. The fraction of sp³-hybridized carbons (Fsp3) is 0.0286. The molecule has 5 heteroatoms. The third kappa shape index (κ3) is 6.82.